The van der Waals surface area contributed by atoms with Crippen molar-refractivity contribution >= 4 is 29.4 Å². The maximum absolute atomic E-state index is 11.2. The monoisotopic (exact) mass is 427 g/mol. The average molecular weight is 428 g/mol. The summed E-state index contributed by atoms with van der Waals surface area (Å²) in [5, 5.41) is 8.82. The minimum Gasteiger partial charge on any atom is -0.439 e. The molecule has 0 saturated carbocycles. The van der Waals surface area contributed by atoms with Crippen LogP contribution in [0.3, 0.4) is 0 Å². The van der Waals surface area contributed by atoms with Gasteiger partial charge in [-0.3, -0.25) is 0 Å². The largest absolute Gasteiger partial charge is 0.439 e. The number of benzene rings is 1. The summed E-state index contributed by atoms with van der Waals surface area (Å²) in [6.45, 7) is 0.992. The number of hydrogen-bond donors (Lipinski definition) is 4. The van der Waals surface area contributed by atoms with Gasteiger partial charge < -0.3 is 26.4 Å². The van der Waals surface area contributed by atoms with Gasteiger partial charge in [0.25, 0.3) is 0 Å². The molecule has 0 bridgehead atoms. The molecule has 0 unspecified atom stereocenters. The summed E-state index contributed by atoms with van der Waals surface area (Å²) in [6, 6.07) is 10.9. The standard InChI is InChI=1S/C20H22ClN7O2/c1-23-20(29)24-7-6-13-2-4-16(5-3-13)30-18-9-14(8-17(22)28-18)10-25-19-26-11-15(21)12-27-19/h2-5,8-9,11-12H,6-7,10H2,1H3,(H2,22,28)(H2,23,24,29)(H,25,26,27). The van der Waals surface area contributed by atoms with Crippen LogP contribution in [0.25, 0.3) is 0 Å². The summed E-state index contributed by atoms with van der Waals surface area (Å²) >= 11 is 5.79. The Bertz CT molecular complexity index is 981. The minimum atomic E-state index is -0.199. The topological polar surface area (TPSA) is 127 Å². The highest BCUT2D eigenvalue weighted by Crippen LogP contribution is 2.23. The summed E-state index contributed by atoms with van der Waals surface area (Å²) in [7, 11) is 1.58. The van der Waals surface area contributed by atoms with E-state index in [1.54, 1.807) is 19.2 Å². The van der Waals surface area contributed by atoms with Crippen LogP contribution >= 0.6 is 11.6 Å². The van der Waals surface area contributed by atoms with Crippen molar-refractivity contribution in [3.05, 3.63) is 64.9 Å². The van der Waals surface area contributed by atoms with E-state index in [-0.39, 0.29) is 6.03 Å². The first-order chi connectivity index (χ1) is 14.5. The summed E-state index contributed by atoms with van der Waals surface area (Å²) in [5.41, 5.74) is 7.85. The van der Waals surface area contributed by atoms with Crippen molar-refractivity contribution in [3.8, 4) is 11.6 Å². The van der Waals surface area contributed by atoms with E-state index in [0.29, 0.717) is 47.9 Å². The summed E-state index contributed by atoms with van der Waals surface area (Å²) in [4.78, 5) is 23.6. The molecule has 10 heteroatoms. The van der Waals surface area contributed by atoms with Crippen LogP contribution in [0.15, 0.2) is 48.8 Å². The highest BCUT2D eigenvalue weighted by atomic mass is 35.5. The molecule has 0 saturated heterocycles. The maximum atomic E-state index is 11.2. The van der Waals surface area contributed by atoms with Gasteiger partial charge in [-0.1, -0.05) is 23.7 Å². The lowest BCUT2D eigenvalue weighted by Crippen LogP contribution is -2.33. The highest BCUT2D eigenvalue weighted by Gasteiger charge is 2.05. The first-order valence-electron chi connectivity index (χ1n) is 9.22. The molecule has 9 nitrogen and oxygen atoms in total. The second kappa shape index (κ2) is 10.3. The molecule has 3 rings (SSSR count). The number of carbonyl (C=O) groups is 1. The number of pyridine rings is 1. The van der Waals surface area contributed by atoms with Crippen LogP contribution < -0.4 is 26.4 Å². The molecular weight excluding hydrogens is 406 g/mol. The maximum Gasteiger partial charge on any atom is 0.314 e. The molecule has 0 aliphatic carbocycles. The number of hydrogen-bond acceptors (Lipinski definition) is 7. The van der Waals surface area contributed by atoms with E-state index in [0.717, 1.165) is 11.1 Å². The van der Waals surface area contributed by atoms with Crippen LogP contribution in [0.5, 0.6) is 11.6 Å². The van der Waals surface area contributed by atoms with Gasteiger partial charge in [-0.15, -0.1) is 0 Å². The number of carbonyl (C=O) groups excluding carboxylic acids is 1. The van der Waals surface area contributed by atoms with E-state index >= 15 is 0 Å². The third kappa shape index (κ3) is 6.49. The van der Waals surface area contributed by atoms with Gasteiger partial charge in [-0.05, 0) is 35.7 Å². The fourth-order valence-corrected chi connectivity index (χ4v) is 2.67. The zero-order chi connectivity index (χ0) is 21.3. The number of nitrogen functional groups attached to an aromatic ring is 1. The van der Waals surface area contributed by atoms with Crippen molar-refractivity contribution in [2.75, 3.05) is 24.6 Å². The average Bonchev–Trinajstić information content (AvgIpc) is 2.74. The first-order valence-corrected chi connectivity index (χ1v) is 9.60. The van der Waals surface area contributed by atoms with E-state index in [1.165, 1.54) is 12.4 Å². The molecule has 5 N–H and O–H groups in total. The molecule has 2 amide bonds. The first kappa shape index (κ1) is 21.1. The third-order valence-electron chi connectivity index (χ3n) is 4.02. The zero-order valence-electron chi connectivity index (χ0n) is 16.4. The number of halogens is 1. The van der Waals surface area contributed by atoms with Crippen LogP contribution in [0.1, 0.15) is 11.1 Å². The van der Waals surface area contributed by atoms with Crippen molar-refractivity contribution < 1.29 is 9.53 Å². The van der Waals surface area contributed by atoms with Crippen LogP contribution in [0, 0.1) is 0 Å². The fraction of sp³-hybridized carbons (Fsp3) is 0.200. The number of aromatic nitrogens is 3. The molecule has 30 heavy (non-hydrogen) atoms. The predicted molar refractivity (Wildman–Crippen MR) is 116 cm³/mol. The lowest BCUT2D eigenvalue weighted by atomic mass is 10.1. The number of rotatable bonds is 8. The van der Waals surface area contributed by atoms with Gasteiger partial charge in [0.15, 0.2) is 0 Å². The van der Waals surface area contributed by atoms with Crippen molar-refractivity contribution in [1.29, 1.82) is 0 Å². The molecule has 2 aromatic heterocycles. The number of nitrogens with zero attached hydrogens (tertiary/aromatic N) is 3. The smallest absolute Gasteiger partial charge is 0.314 e. The second-order valence-corrected chi connectivity index (χ2v) is 6.76. The Hall–Kier alpha value is -3.59. The van der Waals surface area contributed by atoms with Gasteiger partial charge in [0.05, 0.1) is 17.4 Å². The summed E-state index contributed by atoms with van der Waals surface area (Å²) < 4.78 is 5.84. The lowest BCUT2D eigenvalue weighted by molar-refractivity contribution is 0.243. The van der Waals surface area contributed by atoms with E-state index in [2.05, 4.69) is 30.9 Å². The van der Waals surface area contributed by atoms with Gasteiger partial charge in [0, 0.05) is 26.2 Å². The fourth-order valence-electron chi connectivity index (χ4n) is 2.57. The molecule has 0 atom stereocenters. The Labute approximate surface area is 179 Å². The van der Waals surface area contributed by atoms with Crippen molar-refractivity contribution in [2.24, 2.45) is 0 Å². The molecular formula is C20H22ClN7O2. The zero-order valence-corrected chi connectivity index (χ0v) is 17.1. The van der Waals surface area contributed by atoms with Crippen LogP contribution in [0.2, 0.25) is 5.02 Å². The quantitative estimate of drug-likeness (QED) is 0.435. The second-order valence-electron chi connectivity index (χ2n) is 6.32. The van der Waals surface area contributed by atoms with E-state index < -0.39 is 0 Å². The molecule has 0 spiro atoms. The van der Waals surface area contributed by atoms with Gasteiger partial charge >= 0.3 is 6.03 Å². The summed E-state index contributed by atoms with van der Waals surface area (Å²) in [5.74, 6) is 1.82. The molecule has 0 radical (unpaired) electrons. The molecule has 2 heterocycles. The van der Waals surface area contributed by atoms with Crippen LogP contribution in [-0.2, 0) is 13.0 Å². The van der Waals surface area contributed by atoms with Crippen molar-refractivity contribution in [3.63, 3.8) is 0 Å². The van der Waals surface area contributed by atoms with Gasteiger partial charge in [-0.25, -0.2) is 14.8 Å². The van der Waals surface area contributed by atoms with Gasteiger partial charge in [-0.2, -0.15) is 4.98 Å². The molecule has 1 aromatic carbocycles. The molecule has 156 valence electrons. The number of nitrogens with two attached hydrogens (primary N) is 1. The minimum absolute atomic E-state index is 0.199. The summed E-state index contributed by atoms with van der Waals surface area (Å²) in [6.07, 6.45) is 3.75. The number of anilines is 2. The molecule has 0 fully saturated rings. The highest BCUT2D eigenvalue weighted by molar-refractivity contribution is 6.30. The number of amides is 2. The Morgan fingerprint density at radius 3 is 2.57 bits per heavy atom. The molecule has 3 aromatic rings. The van der Waals surface area contributed by atoms with Gasteiger partial charge in [0.1, 0.15) is 11.6 Å². The molecule has 0 aliphatic rings. The Morgan fingerprint density at radius 1 is 1.13 bits per heavy atom. The Morgan fingerprint density at radius 2 is 1.87 bits per heavy atom. The number of ether oxygens (including phenoxy) is 1. The Balaban J connectivity index is 1.58. The number of urea groups is 1. The van der Waals surface area contributed by atoms with Crippen molar-refractivity contribution in [2.45, 2.75) is 13.0 Å². The number of nitrogens with one attached hydrogen (secondary N) is 3. The Kier molecular flexibility index (Phi) is 7.23. The van der Waals surface area contributed by atoms with Crippen LogP contribution in [-0.4, -0.2) is 34.6 Å². The van der Waals surface area contributed by atoms with E-state index in [1.807, 2.05) is 24.3 Å². The third-order valence-corrected chi connectivity index (χ3v) is 4.22. The SMILES string of the molecule is CNC(=O)NCCc1ccc(Oc2cc(CNc3ncc(Cl)cn3)cc(N)n2)cc1. The lowest BCUT2D eigenvalue weighted by Gasteiger charge is -2.10. The van der Waals surface area contributed by atoms with E-state index in [9.17, 15) is 4.79 Å². The van der Waals surface area contributed by atoms with Gasteiger partial charge in [0.2, 0.25) is 11.8 Å². The van der Waals surface area contributed by atoms with E-state index in [4.69, 9.17) is 22.1 Å². The predicted octanol–water partition coefficient (Wildman–Crippen LogP) is 2.98. The normalized spacial score (nSPS) is 10.3. The van der Waals surface area contributed by atoms with Crippen molar-refractivity contribution in [1.82, 2.24) is 25.6 Å². The molecule has 0 aliphatic heterocycles. The van der Waals surface area contributed by atoms with Crippen LogP contribution in [0.4, 0.5) is 16.6 Å².